The number of halogens is 2. The SMILES string of the molecule is CN(CCOc1cccc(Cl)c1)CC(O)COc1ccccc1F. The van der Waals surface area contributed by atoms with Gasteiger partial charge in [-0.2, -0.15) is 0 Å². The zero-order valence-corrected chi connectivity index (χ0v) is 14.2. The zero-order chi connectivity index (χ0) is 17.4. The Hall–Kier alpha value is -1.82. The van der Waals surface area contributed by atoms with Crippen LogP contribution in [-0.2, 0) is 0 Å². The number of rotatable bonds is 9. The van der Waals surface area contributed by atoms with Gasteiger partial charge in [0.05, 0.1) is 0 Å². The molecule has 2 aromatic rings. The van der Waals surface area contributed by atoms with Crippen LogP contribution in [0.5, 0.6) is 11.5 Å². The predicted octanol–water partition coefficient (Wildman–Crippen LogP) is 3.23. The van der Waals surface area contributed by atoms with E-state index in [1.165, 1.54) is 12.1 Å². The summed E-state index contributed by atoms with van der Waals surface area (Å²) >= 11 is 5.89. The fourth-order valence-electron chi connectivity index (χ4n) is 2.13. The highest BCUT2D eigenvalue weighted by atomic mass is 35.5. The van der Waals surface area contributed by atoms with Gasteiger partial charge in [0.1, 0.15) is 25.1 Å². The summed E-state index contributed by atoms with van der Waals surface area (Å²) in [6.07, 6.45) is -0.722. The van der Waals surface area contributed by atoms with Crippen LogP contribution >= 0.6 is 11.6 Å². The van der Waals surface area contributed by atoms with E-state index in [1.807, 2.05) is 24.1 Å². The third-order valence-corrected chi connectivity index (χ3v) is 3.56. The van der Waals surface area contributed by atoms with E-state index in [1.54, 1.807) is 24.3 Å². The molecule has 2 rings (SSSR count). The van der Waals surface area contributed by atoms with Crippen LogP contribution in [0, 0.1) is 5.82 Å². The summed E-state index contributed by atoms with van der Waals surface area (Å²) in [4.78, 5) is 1.92. The number of benzene rings is 2. The second-order valence-electron chi connectivity index (χ2n) is 5.46. The molecule has 0 fully saturated rings. The van der Waals surface area contributed by atoms with Gasteiger partial charge in [-0.25, -0.2) is 4.39 Å². The number of para-hydroxylation sites is 1. The summed E-state index contributed by atoms with van der Waals surface area (Å²) in [5.41, 5.74) is 0. The smallest absolute Gasteiger partial charge is 0.165 e. The molecule has 0 aliphatic heterocycles. The summed E-state index contributed by atoms with van der Waals surface area (Å²) in [6.45, 7) is 1.52. The van der Waals surface area contributed by atoms with Gasteiger partial charge in [0, 0.05) is 18.1 Å². The van der Waals surface area contributed by atoms with Crippen molar-refractivity contribution in [2.45, 2.75) is 6.10 Å². The van der Waals surface area contributed by atoms with Crippen molar-refractivity contribution in [3.63, 3.8) is 0 Å². The Balaban J connectivity index is 1.66. The number of nitrogens with zero attached hydrogens (tertiary/aromatic N) is 1. The molecular weight excluding hydrogens is 333 g/mol. The summed E-state index contributed by atoms with van der Waals surface area (Å²) in [7, 11) is 1.87. The molecule has 0 spiro atoms. The van der Waals surface area contributed by atoms with Crippen LogP contribution in [0.4, 0.5) is 4.39 Å². The molecule has 0 bridgehead atoms. The second-order valence-corrected chi connectivity index (χ2v) is 5.90. The number of ether oxygens (including phenoxy) is 2. The summed E-state index contributed by atoms with van der Waals surface area (Å²) in [6, 6.07) is 13.3. The van der Waals surface area contributed by atoms with E-state index in [9.17, 15) is 9.50 Å². The highest BCUT2D eigenvalue weighted by Gasteiger charge is 2.11. The molecule has 4 nitrogen and oxygen atoms in total. The second kappa shape index (κ2) is 9.47. The molecule has 0 aliphatic rings. The molecule has 1 N–H and O–H groups in total. The molecular formula is C18H21ClFNO3. The van der Waals surface area contributed by atoms with Crippen molar-refractivity contribution < 1.29 is 19.0 Å². The van der Waals surface area contributed by atoms with E-state index < -0.39 is 11.9 Å². The fourth-order valence-corrected chi connectivity index (χ4v) is 2.31. The molecule has 1 atom stereocenters. The molecule has 6 heteroatoms. The Morgan fingerprint density at radius 3 is 2.71 bits per heavy atom. The van der Waals surface area contributed by atoms with Crippen molar-refractivity contribution >= 4 is 11.6 Å². The highest BCUT2D eigenvalue weighted by Crippen LogP contribution is 2.17. The standard InChI is InChI=1S/C18H21ClFNO3/c1-21(9-10-23-16-6-4-5-14(19)11-16)12-15(22)13-24-18-8-3-2-7-17(18)20/h2-8,11,15,22H,9-10,12-13H2,1H3. The van der Waals surface area contributed by atoms with E-state index in [-0.39, 0.29) is 12.4 Å². The van der Waals surface area contributed by atoms with Crippen molar-refractivity contribution in [2.75, 3.05) is 33.4 Å². The lowest BCUT2D eigenvalue weighted by atomic mass is 10.3. The minimum absolute atomic E-state index is 0.0282. The lowest BCUT2D eigenvalue weighted by molar-refractivity contribution is 0.0708. The van der Waals surface area contributed by atoms with E-state index in [2.05, 4.69) is 0 Å². The van der Waals surface area contributed by atoms with E-state index in [0.717, 1.165) is 0 Å². The zero-order valence-electron chi connectivity index (χ0n) is 13.5. The van der Waals surface area contributed by atoms with Gasteiger partial charge >= 0.3 is 0 Å². The number of likely N-dealkylation sites (N-methyl/N-ethyl adjacent to an activating group) is 1. The van der Waals surface area contributed by atoms with E-state index >= 15 is 0 Å². The third-order valence-electron chi connectivity index (χ3n) is 3.33. The fraction of sp³-hybridized carbons (Fsp3) is 0.333. The van der Waals surface area contributed by atoms with Gasteiger partial charge in [0.2, 0.25) is 0 Å². The van der Waals surface area contributed by atoms with Crippen molar-refractivity contribution in [2.24, 2.45) is 0 Å². The van der Waals surface area contributed by atoms with Crippen LogP contribution in [-0.4, -0.2) is 49.5 Å². The van der Waals surface area contributed by atoms with Gasteiger partial charge in [-0.05, 0) is 37.4 Å². The molecule has 0 radical (unpaired) electrons. The maximum Gasteiger partial charge on any atom is 0.165 e. The van der Waals surface area contributed by atoms with Crippen molar-refractivity contribution in [3.05, 3.63) is 59.4 Å². The normalized spacial score (nSPS) is 12.2. The summed E-state index contributed by atoms with van der Waals surface area (Å²) in [5, 5.41) is 10.6. The van der Waals surface area contributed by atoms with Gasteiger partial charge in [-0.1, -0.05) is 29.8 Å². The molecule has 0 aromatic heterocycles. The first-order valence-corrected chi connectivity index (χ1v) is 8.04. The first-order chi connectivity index (χ1) is 11.5. The predicted molar refractivity (Wildman–Crippen MR) is 92.3 cm³/mol. The molecule has 0 saturated heterocycles. The lowest BCUT2D eigenvalue weighted by Crippen LogP contribution is -2.35. The maximum absolute atomic E-state index is 13.4. The van der Waals surface area contributed by atoms with Gasteiger partial charge in [0.25, 0.3) is 0 Å². The van der Waals surface area contributed by atoms with Gasteiger partial charge in [-0.15, -0.1) is 0 Å². The number of aliphatic hydroxyl groups excluding tert-OH is 1. The molecule has 130 valence electrons. The summed E-state index contributed by atoms with van der Waals surface area (Å²) in [5.74, 6) is 0.413. The summed E-state index contributed by atoms with van der Waals surface area (Å²) < 4.78 is 24.3. The lowest BCUT2D eigenvalue weighted by Gasteiger charge is -2.21. The number of hydrogen-bond donors (Lipinski definition) is 1. The molecule has 0 aliphatic carbocycles. The van der Waals surface area contributed by atoms with Gasteiger partial charge < -0.3 is 19.5 Å². The maximum atomic E-state index is 13.4. The van der Waals surface area contributed by atoms with Crippen molar-refractivity contribution in [1.29, 1.82) is 0 Å². The molecule has 0 amide bonds. The average Bonchev–Trinajstić information content (AvgIpc) is 2.54. The van der Waals surface area contributed by atoms with Crippen LogP contribution in [0.3, 0.4) is 0 Å². The third kappa shape index (κ3) is 6.35. The van der Waals surface area contributed by atoms with Crippen LogP contribution in [0.25, 0.3) is 0 Å². The Kier molecular flexibility index (Phi) is 7.31. The Morgan fingerprint density at radius 1 is 1.17 bits per heavy atom. The average molecular weight is 354 g/mol. The molecule has 24 heavy (non-hydrogen) atoms. The monoisotopic (exact) mass is 353 g/mol. The molecule has 2 aromatic carbocycles. The van der Waals surface area contributed by atoms with Crippen LogP contribution < -0.4 is 9.47 Å². The van der Waals surface area contributed by atoms with Crippen LogP contribution in [0.1, 0.15) is 0 Å². The van der Waals surface area contributed by atoms with Crippen LogP contribution in [0.15, 0.2) is 48.5 Å². The van der Waals surface area contributed by atoms with Crippen molar-refractivity contribution in [3.8, 4) is 11.5 Å². The van der Waals surface area contributed by atoms with E-state index in [4.69, 9.17) is 21.1 Å². The van der Waals surface area contributed by atoms with E-state index in [0.29, 0.717) is 30.5 Å². The van der Waals surface area contributed by atoms with Crippen molar-refractivity contribution in [1.82, 2.24) is 4.90 Å². The molecule has 0 heterocycles. The first-order valence-electron chi connectivity index (χ1n) is 7.67. The largest absolute Gasteiger partial charge is 0.492 e. The Labute approximate surface area is 146 Å². The minimum Gasteiger partial charge on any atom is -0.492 e. The molecule has 0 saturated carbocycles. The Bertz CT molecular complexity index is 641. The van der Waals surface area contributed by atoms with Gasteiger partial charge in [-0.3, -0.25) is 0 Å². The van der Waals surface area contributed by atoms with Gasteiger partial charge in [0.15, 0.2) is 11.6 Å². The topological polar surface area (TPSA) is 41.9 Å². The number of hydrogen-bond acceptors (Lipinski definition) is 4. The number of aliphatic hydroxyl groups is 1. The minimum atomic E-state index is -0.722. The first kappa shape index (κ1) is 18.5. The molecule has 1 unspecified atom stereocenters. The highest BCUT2D eigenvalue weighted by molar-refractivity contribution is 6.30. The van der Waals surface area contributed by atoms with Crippen LogP contribution in [0.2, 0.25) is 5.02 Å². The Morgan fingerprint density at radius 2 is 1.96 bits per heavy atom. The quantitative estimate of drug-likeness (QED) is 0.751.